The summed E-state index contributed by atoms with van der Waals surface area (Å²) in [6, 6.07) is 15.9. The number of amides is 3. The molecule has 1 aliphatic rings. The van der Waals surface area contributed by atoms with Crippen molar-refractivity contribution in [3.05, 3.63) is 71.3 Å². The van der Waals surface area contributed by atoms with Crippen LogP contribution in [0.25, 0.3) is 0 Å². The summed E-state index contributed by atoms with van der Waals surface area (Å²) in [6.07, 6.45) is 3.37. The maximum absolute atomic E-state index is 13.3. The number of fused-ring (bicyclic) bond motifs is 2. The fraction of sp³-hybridized carbons (Fsp3) is 0.414. The van der Waals surface area contributed by atoms with Crippen molar-refractivity contribution in [1.29, 1.82) is 0 Å². The van der Waals surface area contributed by atoms with Crippen molar-refractivity contribution in [3.63, 3.8) is 0 Å². The highest BCUT2D eigenvalue weighted by atomic mass is 16.2. The minimum Gasteiger partial charge on any atom is -0.350 e. The van der Waals surface area contributed by atoms with Crippen LogP contribution in [0.15, 0.2) is 54.6 Å². The summed E-state index contributed by atoms with van der Waals surface area (Å²) in [5.74, 6) is 5.77. The van der Waals surface area contributed by atoms with Crippen molar-refractivity contribution >= 4 is 17.7 Å². The number of rotatable bonds is 4. The van der Waals surface area contributed by atoms with E-state index >= 15 is 0 Å². The van der Waals surface area contributed by atoms with Crippen molar-refractivity contribution in [2.45, 2.75) is 71.0 Å². The van der Waals surface area contributed by atoms with Crippen LogP contribution in [0.5, 0.6) is 0 Å². The first-order valence-corrected chi connectivity index (χ1v) is 12.4. The van der Waals surface area contributed by atoms with Crippen LogP contribution >= 0.6 is 0 Å². The van der Waals surface area contributed by atoms with Gasteiger partial charge in [-0.15, -0.1) is 0 Å². The van der Waals surface area contributed by atoms with E-state index < -0.39 is 12.1 Å². The first-order chi connectivity index (χ1) is 16.9. The van der Waals surface area contributed by atoms with E-state index in [0.717, 1.165) is 23.1 Å². The fourth-order valence-corrected chi connectivity index (χ4v) is 4.04. The van der Waals surface area contributed by atoms with E-state index in [1.54, 1.807) is 0 Å². The highest BCUT2D eigenvalue weighted by Gasteiger charge is 2.27. The van der Waals surface area contributed by atoms with Crippen LogP contribution in [-0.2, 0) is 27.3 Å². The monoisotopic (exact) mass is 473 g/mol. The average Bonchev–Trinajstić information content (AvgIpc) is 2.84. The van der Waals surface area contributed by atoms with E-state index in [2.05, 4.69) is 27.8 Å². The molecule has 2 bridgehead atoms. The molecule has 35 heavy (non-hydrogen) atoms. The predicted octanol–water partition coefficient (Wildman–Crippen LogP) is 3.49. The zero-order valence-corrected chi connectivity index (χ0v) is 20.6. The molecule has 184 valence electrons. The van der Waals surface area contributed by atoms with E-state index in [4.69, 9.17) is 0 Å². The minimum atomic E-state index is -0.761. The van der Waals surface area contributed by atoms with Gasteiger partial charge in [0.05, 0.1) is 0 Å². The van der Waals surface area contributed by atoms with Gasteiger partial charge in [-0.05, 0) is 48.4 Å². The van der Waals surface area contributed by atoms with Gasteiger partial charge in [-0.25, -0.2) is 0 Å². The van der Waals surface area contributed by atoms with E-state index in [1.165, 1.54) is 0 Å². The van der Waals surface area contributed by atoms with Gasteiger partial charge in [0.2, 0.25) is 17.7 Å². The van der Waals surface area contributed by atoms with Crippen LogP contribution in [0.4, 0.5) is 0 Å². The van der Waals surface area contributed by atoms with Crippen molar-refractivity contribution < 1.29 is 14.4 Å². The van der Waals surface area contributed by atoms with Crippen molar-refractivity contribution in [2.75, 3.05) is 0 Å². The molecule has 2 aromatic rings. The summed E-state index contributed by atoms with van der Waals surface area (Å²) in [7, 11) is 0. The lowest BCUT2D eigenvalue weighted by atomic mass is 10.0. The van der Waals surface area contributed by atoms with Crippen molar-refractivity contribution in [1.82, 2.24) is 16.0 Å². The van der Waals surface area contributed by atoms with Gasteiger partial charge in [-0.1, -0.05) is 68.2 Å². The standard InChI is InChI=1S/C29H35N3O3/c1-21(2)17-25-28(34)30-20-24-15-10-14-22(18-24)11-6-3-4-9-16-27(33)31-26(29(35)32-25)19-23-12-7-5-8-13-23/h5,7-8,10,12-15,18,21,25-26H,3-4,9,16-17,19-20H2,1-2H3,(H,30,34)(H,31,33)(H,32,35)/t25?,26-/m0/s1. The number of carbonyl (C=O) groups is 3. The molecule has 6 heteroatoms. The Labute approximate surface area is 208 Å². The fourth-order valence-electron chi connectivity index (χ4n) is 4.04. The summed E-state index contributed by atoms with van der Waals surface area (Å²) in [6.45, 7) is 4.37. The molecule has 6 nitrogen and oxygen atoms in total. The van der Waals surface area contributed by atoms with E-state index in [0.29, 0.717) is 38.6 Å². The molecule has 0 radical (unpaired) electrons. The molecule has 3 amide bonds. The Balaban J connectivity index is 1.83. The minimum absolute atomic E-state index is 0.173. The van der Waals surface area contributed by atoms with E-state index in [-0.39, 0.29) is 23.6 Å². The quantitative estimate of drug-likeness (QED) is 0.594. The SMILES string of the molecule is CC(C)CC1NC(=O)[C@H](Cc2ccccc2)NC(=O)CCCCC#Cc2cccc(c2)CNC1=O. The van der Waals surface area contributed by atoms with Gasteiger partial charge in [-0.3, -0.25) is 14.4 Å². The third-order valence-corrected chi connectivity index (χ3v) is 5.86. The molecule has 0 saturated heterocycles. The maximum Gasteiger partial charge on any atom is 0.243 e. The molecule has 0 fully saturated rings. The van der Waals surface area contributed by atoms with Gasteiger partial charge in [0.1, 0.15) is 12.1 Å². The molecule has 0 aliphatic carbocycles. The Bertz CT molecular complexity index is 1070. The van der Waals surface area contributed by atoms with Crippen molar-refractivity contribution in [2.24, 2.45) is 5.92 Å². The van der Waals surface area contributed by atoms with Crippen LogP contribution in [0, 0.1) is 17.8 Å². The molecule has 3 rings (SSSR count). The van der Waals surface area contributed by atoms with Crippen LogP contribution in [0.2, 0.25) is 0 Å². The second kappa shape index (κ2) is 13.3. The van der Waals surface area contributed by atoms with E-state index in [9.17, 15) is 14.4 Å². The maximum atomic E-state index is 13.3. The Morgan fingerprint density at radius 2 is 1.71 bits per heavy atom. The first-order valence-electron chi connectivity index (χ1n) is 12.4. The van der Waals surface area contributed by atoms with Crippen molar-refractivity contribution in [3.8, 4) is 11.8 Å². The molecule has 0 saturated carbocycles. The smallest absolute Gasteiger partial charge is 0.243 e. The molecule has 2 atom stereocenters. The van der Waals surface area contributed by atoms with Crippen LogP contribution < -0.4 is 16.0 Å². The zero-order valence-electron chi connectivity index (χ0n) is 20.6. The summed E-state index contributed by atoms with van der Waals surface area (Å²) in [4.78, 5) is 39.0. The second-order valence-electron chi connectivity index (χ2n) is 9.43. The molecule has 3 N–H and O–H groups in total. The van der Waals surface area contributed by atoms with Crippen LogP contribution in [-0.4, -0.2) is 29.8 Å². The summed E-state index contributed by atoms with van der Waals surface area (Å²) in [5.41, 5.74) is 2.79. The zero-order chi connectivity index (χ0) is 25.0. The lowest BCUT2D eigenvalue weighted by Crippen LogP contribution is -2.54. The third kappa shape index (κ3) is 8.94. The summed E-state index contributed by atoms with van der Waals surface area (Å²) in [5, 5.41) is 8.76. The molecule has 1 heterocycles. The average molecular weight is 474 g/mol. The summed E-state index contributed by atoms with van der Waals surface area (Å²) >= 11 is 0. The Morgan fingerprint density at radius 1 is 0.914 bits per heavy atom. The molecule has 0 aromatic heterocycles. The van der Waals surface area contributed by atoms with Gasteiger partial charge in [-0.2, -0.15) is 0 Å². The first kappa shape index (κ1) is 26.0. The molecule has 2 aromatic carbocycles. The number of carbonyl (C=O) groups excluding carboxylic acids is 3. The number of hydrogen-bond acceptors (Lipinski definition) is 3. The number of benzene rings is 2. The number of hydrogen-bond donors (Lipinski definition) is 3. The van der Waals surface area contributed by atoms with Gasteiger partial charge in [0, 0.05) is 31.4 Å². The normalized spacial score (nSPS) is 19.9. The van der Waals surface area contributed by atoms with E-state index in [1.807, 2.05) is 68.4 Å². The molecule has 1 aliphatic heterocycles. The van der Waals surface area contributed by atoms with Gasteiger partial charge in [0.15, 0.2) is 0 Å². The molecular formula is C29H35N3O3. The second-order valence-corrected chi connectivity index (χ2v) is 9.43. The van der Waals surface area contributed by atoms with Crippen LogP contribution in [0.1, 0.15) is 62.6 Å². The largest absolute Gasteiger partial charge is 0.350 e. The lowest BCUT2D eigenvalue weighted by molar-refractivity contribution is -0.132. The Kier molecular flexibility index (Phi) is 9.92. The topological polar surface area (TPSA) is 87.3 Å². The Morgan fingerprint density at radius 3 is 2.49 bits per heavy atom. The predicted molar refractivity (Wildman–Crippen MR) is 137 cm³/mol. The summed E-state index contributed by atoms with van der Waals surface area (Å²) < 4.78 is 0. The lowest BCUT2D eigenvalue weighted by Gasteiger charge is -2.24. The molecule has 1 unspecified atom stereocenters. The number of nitrogens with one attached hydrogen (secondary N) is 3. The Hall–Kier alpha value is -3.59. The highest BCUT2D eigenvalue weighted by Crippen LogP contribution is 2.10. The third-order valence-electron chi connectivity index (χ3n) is 5.86. The highest BCUT2D eigenvalue weighted by molar-refractivity contribution is 5.92. The molecule has 0 spiro atoms. The van der Waals surface area contributed by atoms with Gasteiger partial charge < -0.3 is 16.0 Å². The molecular weight excluding hydrogens is 438 g/mol. The van der Waals surface area contributed by atoms with Crippen LogP contribution in [0.3, 0.4) is 0 Å². The van der Waals surface area contributed by atoms with Gasteiger partial charge in [0.25, 0.3) is 0 Å². The van der Waals surface area contributed by atoms with Gasteiger partial charge >= 0.3 is 0 Å².